The first-order chi connectivity index (χ1) is 8.48. The molecule has 8 heteroatoms. The lowest BCUT2D eigenvalue weighted by Crippen LogP contribution is -2.16. The summed E-state index contributed by atoms with van der Waals surface area (Å²) in [6.07, 6.45) is -4.71. The fraction of sp³-hybridized carbons (Fsp3) is 0.200. The fourth-order valence-electron chi connectivity index (χ4n) is 1.23. The molecule has 0 fully saturated rings. The number of hydrogen-bond acceptors (Lipinski definition) is 4. The summed E-state index contributed by atoms with van der Waals surface area (Å²) in [6, 6.07) is 5.12. The zero-order valence-electron chi connectivity index (χ0n) is 8.74. The van der Waals surface area contributed by atoms with E-state index in [1.54, 1.807) is 0 Å². The Morgan fingerprint density at radius 2 is 1.89 bits per heavy atom. The minimum absolute atomic E-state index is 0.0717. The van der Waals surface area contributed by atoms with Crippen LogP contribution < -0.4 is 4.74 Å². The second-order valence-electron chi connectivity index (χ2n) is 3.22. The Balaban J connectivity index is 2.17. The first-order valence-electron chi connectivity index (χ1n) is 4.72. The molecule has 0 unspecified atom stereocenters. The molecule has 0 atom stereocenters. The third-order valence-corrected chi connectivity index (χ3v) is 2.16. The van der Waals surface area contributed by atoms with Crippen molar-refractivity contribution in [1.29, 1.82) is 0 Å². The molecule has 18 heavy (non-hydrogen) atoms. The van der Waals surface area contributed by atoms with E-state index >= 15 is 0 Å². The Morgan fingerprint density at radius 3 is 2.39 bits per heavy atom. The Labute approximate surface area is 104 Å². The van der Waals surface area contributed by atoms with Gasteiger partial charge in [0.1, 0.15) is 11.6 Å². The number of hydrogen-bond donors (Lipinski definition) is 0. The van der Waals surface area contributed by atoms with Crippen LogP contribution >= 0.6 is 11.6 Å². The molecule has 0 saturated heterocycles. The highest BCUT2D eigenvalue weighted by molar-refractivity contribution is 6.16. The molecule has 2 aromatic rings. The molecule has 4 nitrogen and oxygen atoms in total. The Bertz CT molecular complexity index is 525. The van der Waals surface area contributed by atoms with Gasteiger partial charge in [-0.1, -0.05) is 5.16 Å². The van der Waals surface area contributed by atoms with Gasteiger partial charge in [0, 0.05) is 5.56 Å². The van der Waals surface area contributed by atoms with Crippen molar-refractivity contribution in [1.82, 2.24) is 10.1 Å². The summed E-state index contributed by atoms with van der Waals surface area (Å²) in [5.41, 5.74) is 0.504. The molecule has 0 N–H and O–H groups in total. The number of alkyl halides is 4. The van der Waals surface area contributed by atoms with Gasteiger partial charge in [-0.3, -0.25) is 0 Å². The van der Waals surface area contributed by atoms with Crippen LogP contribution in [0.25, 0.3) is 11.4 Å². The van der Waals surface area contributed by atoms with E-state index in [2.05, 4.69) is 14.9 Å². The van der Waals surface area contributed by atoms with Crippen molar-refractivity contribution >= 4 is 11.6 Å². The molecule has 0 aliphatic rings. The van der Waals surface area contributed by atoms with Gasteiger partial charge in [0.05, 0.1) is 0 Å². The van der Waals surface area contributed by atoms with Crippen molar-refractivity contribution in [2.75, 3.05) is 0 Å². The molecular weight excluding hydrogens is 273 g/mol. The number of nitrogens with zero attached hydrogens (tertiary/aromatic N) is 2. The van der Waals surface area contributed by atoms with Gasteiger partial charge in [-0.25, -0.2) is 0 Å². The summed E-state index contributed by atoms with van der Waals surface area (Å²) in [4.78, 5) is 3.93. The van der Waals surface area contributed by atoms with Crippen LogP contribution in [0.3, 0.4) is 0 Å². The largest absolute Gasteiger partial charge is 0.573 e. The molecule has 0 aliphatic carbocycles. The van der Waals surface area contributed by atoms with E-state index in [0.717, 1.165) is 0 Å². The summed E-state index contributed by atoms with van der Waals surface area (Å²) in [5, 5.41) is 3.63. The highest BCUT2D eigenvalue weighted by Crippen LogP contribution is 2.25. The maximum Gasteiger partial charge on any atom is 0.573 e. The quantitative estimate of drug-likeness (QED) is 0.808. The van der Waals surface area contributed by atoms with E-state index in [1.165, 1.54) is 24.3 Å². The number of rotatable bonds is 3. The third kappa shape index (κ3) is 3.13. The van der Waals surface area contributed by atoms with Crippen molar-refractivity contribution < 1.29 is 22.4 Å². The maximum absolute atomic E-state index is 11.9. The minimum Gasteiger partial charge on any atom is -0.406 e. The Kier molecular flexibility index (Phi) is 3.42. The van der Waals surface area contributed by atoms with E-state index in [9.17, 15) is 13.2 Å². The third-order valence-electron chi connectivity index (χ3n) is 1.93. The summed E-state index contributed by atoms with van der Waals surface area (Å²) in [5.74, 6) is 0.251. The van der Waals surface area contributed by atoms with Crippen molar-refractivity contribution in [3.05, 3.63) is 30.2 Å². The summed E-state index contributed by atoms with van der Waals surface area (Å²) in [7, 11) is 0. The van der Waals surface area contributed by atoms with Crippen molar-refractivity contribution in [2.45, 2.75) is 12.2 Å². The highest BCUT2D eigenvalue weighted by Gasteiger charge is 2.31. The molecule has 0 radical (unpaired) electrons. The van der Waals surface area contributed by atoms with Crippen LogP contribution in [0.5, 0.6) is 5.75 Å². The number of ether oxygens (including phenoxy) is 1. The monoisotopic (exact) mass is 278 g/mol. The van der Waals surface area contributed by atoms with Crippen LogP contribution in [0, 0.1) is 0 Å². The van der Waals surface area contributed by atoms with Crippen LogP contribution in [0.15, 0.2) is 28.8 Å². The SMILES string of the molecule is FC(F)(F)Oc1ccc(-c2noc(CCl)n2)cc1. The number of aromatic nitrogens is 2. The van der Waals surface area contributed by atoms with Gasteiger partial charge in [0.2, 0.25) is 11.7 Å². The summed E-state index contributed by atoms with van der Waals surface area (Å²) in [6.45, 7) is 0. The van der Waals surface area contributed by atoms with Crippen LogP contribution in [0.2, 0.25) is 0 Å². The first kappa shape index (κ1) is 12.7. The first-order valence-corrected chi connectivity index (χ1v) is 5.26. The zero-order chi connectivity index (χ0) is 13.2. The van der Waals surface area contributed by atoms with Gasteiger partial charge in [0.25, 0.3) is 0 Å². The van der Waals surface area contributed by atoms with Crippen molar-refractivity contribution in [3.8, 4) is 17.1 Å². The lowest BCUT2D eigenvalue weighted by atomic mass is 10.2. The van der Waals surface area contributed by atoms with Gasteiger partial charge in [0.15, 0.2) is 0 Å². The Morgan fingerprint density at radius 1 is 1.22 bits per heavy atom. The Hall–Kier alpha value is -1.76. The lowest BCUT2D eigenvalue weighted by molar-refractivity contribution is -0.274. The van der Waals surface area contributed by atoms with Crippen LogP contribution in [-0.2, 0) is 5.88 Å². The highest BCUT2D eigenvalue weighted by atomic mass is 35.5. The molecular formula is C10H6ClF3N2O2. The number of benzene rings is 1. The molecule has 1 heterocycles. The van der Waals surface area contributed by atoms with Crippen LogP contribution in [0.1, 0.15) is 5.89 Å². The average molecular weight is 279 g/mol. The van der Waals surface area contributed by atoms with Gasteiger partial charge < -0.3 is 9.26 Å². The van der Waals surface area contributed by atoms with Crippen molar-refractivity contribution in [3.63, 3.8) is 0 Å². The van der Waals surface area contributed by atoms with E-state index in [0.29, 0.717) is 5.56 Å². The smallest absolute Gasteiger partial charge is 0.406 e. The summed E-state index contributed by atoms with van der Waals surface area (Å²) >= 11 is 5.48. The molecule has 0 aliphatic heterocycles. The lowest BCUT2D eigenvalue weighted by Gasteiger charge is -2.08. The average Bonchev–Trinajstić information content (AvgIpc) is 2.76. The molecule has 96 valence electrons. The topological polar surface area (TPSA) is 48.2 Å². The van der Waals surface area contributed by atoms with Crippen molar-refractivity contribution in [2.24, 2.45) is 0 Å². The van der Waals surface area contributed by atoms with Crippen LogP contribution in [0.4, 0.5) is 13.2 Å². The molecule has 0 amide bonds. The maximum atomic E-state index is 11.9. The molecule has 0 bridgehead atoms. The molecule has 1 aromatic carbocycles. The molecule has 0 saturated carbocycles. The predicted molar refractivity (Wildman–Crippen MR) is 56.0 cm³/mol. The minimum atomic E-state index is -4.71. The second-order valence-corrected chi connectivity index (χ2v) is 3.48. The van der Waals surface area contributed by atoms with E-state index in [4.69, 9.17) is 16.1 Å². The van der Waals surface area contributed by atoms with E-state index < -0.39 is 6.36 Å². The van der Waals surface area contributed by atoms with Crippen LogP contribution in [-0.4, -0.2) is 16.5 Å². The molecule has 2 rings (SSSR count). The fourth-order valence-corrected chi connectivity index (χ4v) is 1.34. The van der Waals surface area contributed by atoms with Gasteiger partial charge in [-0.05, 0) is 24.3 Å². The standard InChI is InChI=1S/C10H6ClF3N2O2/c11-5-8-15-9(16-18-8)6-1-3-7(4-2-6)17-10(12,13)14/h1-4H,5H2. The van der Waals surface area contributed by atoms with Gasteiger partial charge in [-0.2, -0.15) is 4.98 Å². The predicted octanol–water partition coefficient (Wildman–Crippen LogP) is 3.37. The van der Waals surface area contributed by atoms with E-state index in [1.807, 2.05) is 0 Å². The molecule has 1 aromatic heterocycles. The normalized spacial score (nSPS) is 11.6. The van der Waals surface area contributed by atoms with Gasteiger partial charge >= 0.3 is 6.36 Å². The summed E-state index contributed by atoms with van der Waals surface area (Å²) < 4.78 is 44.3. The second kappa shape index (κ2) is 4.85. The van der Waals surface area contributed by atoms with E-state index in [-0.39, 0.29) is 23.3 Å². The molecule has 0 spiro atoms. The number of halogens is 4. The van der Waals surface area contributed by atoms with Gasteiger partial charge in [-0.15, -0.1) is 24.8 Å². The zero-order valence-corrected chi connectivity index (χ0v) is 9.50.